The predicted octanol–water partition coefficient (Wildman–Crippen LogP) is 3.15. The van der Waals surface area contributed by atoms with Gasteiger partial charge in [-0.15, -0.1) is 11.3 Å². The first-order valence-corrected chi connectivity index (χ1v) is 8.37. The molecule has 1 fully saturated rings. The van der Waals surface area contributed by atoms with Gasteiger partial charge in [-0.2, -0.15) is 0 Å². The number of nitrogens with one attached hydrogen (secondary N) is 1. The summed E-state index contributed by atoms with van der Waals surface area (Å²) in [7, 11) is 0. The maximum atomic E-state index is 12.0. The first kappa shape index (κ1) is 15.1. The van der Waals surface area contributed by atoms with Crippen LogP contribution in [0.3, 0.4) is 0 Å². The number of carbonyl (C=O) groups is 1. The van der Waals surface area contributed by atoms with Crippen molar-refractivity contribution in [1.29, 1.82) is 0 Å². The Morgan fingerprint density at radius 3 is 2.86 bits per heavy atom. The van der Waals surface area contributed by atoms with Crippen LogP contribution < -0.4 is 10.2 Å². The number of benzene rings is 1. The van der Waals surface area contributed by atoms with Crippen molar-refractivity contribution < 1.29 is 9.53 Å². The van der Waals surface area contributed by atoms with E-state index in [1.54, 1.807) is 11.3 Å². The SMILES string of the molecule is CC1CN(c2ccc(NC(=O)Cc3cccs3)cc2)CCO1. The second-order valence-electron chi connectivity index (χ2n) is 5.48. The van der Waals surface area contributed by atoms with Gasteiger partial charge in [0.15, 0.2) is 0 Å². The van der Waals surface area contributed by atoms with Crippen LogP contribution in [0.25, 0.3) is 0 Å². The van der Waals surface area contributed by atoms with Crippen LogP contribution in [-0.2, 0) is 16.0 Å². The van der Waals surface area contributed by atoms with Crippen LogP contribution in [0.15, 0.2) is 41.8 Å². The molecular formula is C17H20N2O2S. The quantitative estimate of drug-likeness (QED) is 0.942. The number of thiophene rings is 1. The molecule has 1 amide bonds. The molecule has 1 saturated heterocycles. The molecule has 1 N–H and O–H groups in total. The van der Waals surface area contributed by atoms with E-state index in [1.807, 2.05) is 29.6 Å². The van der Waals surface area contributed by atoms with Crippen molar-refractivity contribution in [3.8, 4) is 0 Å². The topological polar surface area (TPSA) is 41.6 Å². The van der Waals surface area contributed by atoms with E-state index >= 15 is 0 Å². The normalized spacial score (nSPS) is 18.2. The van der Waals surface area contributed by atoms with Crippen molar-refractivity contribution in [2.75, 3.05) is 29.9 Å². The number of nitrogens with zero attached hydrogens (tertiary/aromatic N) is 1. The van der Waals surface area contributed by atoms with Crippen molar-refractivity contribution in [3.63, 3.8) is 0 Å². The van der Waals surface area contributed by atoms with Gasteiger partial charge in [-0.3, -0.25) is 4.79 Å². The van der Waals surface area contributed by atoms with E-state index in [2.05, 4.69) is 29.3 Å². The van der Waals surface area contributed by atoms with Crippen LogP contribution in [-0.4, -0.2) is 31.7 Å². The third-order valence-corrected chi connectivity index (χ3v) is 4.55. The first-order valence-electron chi connectivity index (χ1n) is 7.49. The smallest absolute Gasteiger partial charge is 0.229 e. The molecule has 1 aromatic heterocycles. The zero-order valence-electron chi connectivity index (χ0n) is 12.6. The fourth-order valence-electron chi connectivity index (χ4n) is 2.59. The second kappa shape index (κ2) is 6.94. The van der Waals surface area contributed by atoms with E-state index in [4.69, 9.17) is 4.74 Å². The highest BCUT2D eigenvalue weighted by molar-refractivity contribution is 7.10. The average Bonchev–Trinajstić information content (AvgIpc) is 3.01. The Kier molecular flexibility index (Phi) is 4.75. The predicted molar refractivity (Wildman–Crippen MR) is 90.7 cm³/mol. The molecule has 4 nitrogen and oxygen atoms in total. The van der Waals surface area contributed by atoms with Gasteiger partial charge in [0.1, 0.15) is 0 Å². The summed E-state index contributed by atoms with van der Waals surface area (Å²) >= 11 is 1.60. The van der Waals surface area contributed by atoms with E-state index in [0.29, 0.717) is 6.42 Å². The molecule has 0 bridgehead atoms. The van der Waals surface area contributed by atoms with Gasteiger partial charge in [-0.25, -0.2) is 0 Å². The number of ether oxygens (including phenoxy) is 1. The summed E-state index contributed by atoms with van der Waals surface area (Å²) in [6.07, 6.45) is 0.694. The van der Waals surface area contributed by atoms with Crippen LogP contribution >= 0.6 is 11.3 Å². The third kappa shape index (κ3) is 3.87. The largest absolute Gasteiger partial charge is 0.375 e. The molecule has 1 aliphatic heterocycles. The molecule has 1 atom stereocenters. The van der Waals surface area contributed by atoms with Crippen LogP contribution in [0.4, 0.5) is 11.4 Å². The summed E-state index contributed by atoms with van der Waals surface area (Å²) in [5.41, 5.74) is 2.01. The highest BCUT2D eigenvalue weighted by Gasteiger charge is 2.16. The minimum atomic E-state index is 0.0233. The lowest BCUT2D eigenvalue weighted by Crippen LogP contribution is -2.41. The highest BCUT2D eigenvalue weighted by Crippen LogP contribution is 2.20. The summed E-state index contributed by atoms with van der Waals surface area (Å²) in [5, 5.41) is 4.93. The maximum absolute atomic E-state index is 12.0. The fraction of sp³-hybridized carbons (Fsp3) is 0.353. The van der Waals surface area contributed by atoms with Crippen LogP contribution in [0, 0.1) is 0 Å². The highest BCUT2D eigenvalue weighted by atomic mass is 32.1. The van der Waals surface area contributed by atoms with Crippen molar-refractivity contribution in [2.24, 2.45) is 0 Å². The zero-order valence-corrected chi connectivity index (χ0v) is 13.4. The lowest BCUT2D eigenvalue weighted by molar-refractivity contribution is -0.115. The summed E-state index contributed by atoms with van der Waals surface area (Å²) < 4.78 is 5.56. The average molecular weight is 316 g/mol. The first-order chi connectivity index (χ1) is 10.7. The Labute approximate surface area is 134 Å². The number of hydrogen-bond donors (Lipinski definition) is 1. The number of hydrogen-bond acceptors (Lipinski definition) is 4. The zero-order chi connectivity index (χ0) is 15.4. The third-order valence-electron chi connectivity index (χ3n) is 3.67. The van der Waals surface area contributed by atoms with E-state index in [9.17, 15) is 4.79 Å². The number of morpholine rings is 1. The van der Waals surface area contributed by atoms with Crippen molar-refractivity contribution in [1.82, 2.24) is 0 Å². The van der Waals surface area contributed by atoms with Gasteiger partial charge in [0, 0.05) is 29.3 Å². The molecule has 3 rings (SSSR count). The minimum absolute atomic E-state index is 0.0233. The fourth-order valence-corrected chi connectivity index (χ4v) is 3.29. The van der Waals surface area contributed by atoms with E-state index < -0.39 is 0 Å². The van der Waals surface area contributed by atoms with Crippen LogP contribution in [0.5, 0.6) is 0 Å². The summed E-state index contributed by atoms with van der Waals surface area (Å²) in [6, 6.07) is 12.0. The van der Waals surface area contributed by atoms with Crippen LogP contribution in [0.1, 0.15) is 11.8 Å². The monoisotopic (exact) mass is 316 g/mol. The van der Waals surface area contributed by atoms with Gasteiger partial charge < -0.3 is 15.0 Å². The second-order valence-corrected chi connectivity index (χ2v) is 6.51. The molecule has 1 aliphatic rings. The number of amides is 1. The van der Waals surface area contributed by atoms with E-state index in [1.165, 1.54) is 5.69 Å². The molecule has 2 aromatic rings. The van der Waals surface area contributed by atoms with Crippen molar-refractivity contribution in [3.05, 3.63) is 46.7 Å². The Hall–Kier alpha value is -1.85. The molecule has 2 heterocycles. The van der Waals surface area contributed by atoms with E-state index in [0.717, 1.165) is 30.3 Å². The molecule has 0 radical (unpaired) electrons. The Bertz CT molecular complexity index is 610. The lowest BCUT2D eigenvalue weighted by Gasteiger charge is -2.33. The molecule has 0 spiro atoms. The summed E-state index contributed by atoms with van der Waals surface area (Å²) in [4.78, 5) is 15.4. The van der Waals surface area contributed by atoms with Crippen molar-refractivity contribution in [2.45, 2.75) is 19.4 Å². The molecule has 1 aromatic carbocycles. The van der Waals surface area contributed by atoms with Crippen molar-refractivity contribution >= 4 is 28.6 Å². The van der Waals surface area contributed by atoms with Gasteiger partial charge in [0.2, 0.25) is 5.91 Å². The molecule has 1 unspecified atom stereocenters. The Morgan fingerprint density at radius 2 is 2.18 bits per heavy atom. The van der Waals surface area contributed by atoms with Gasteiger partial charge >= 0.3 is 0 Å². The van der Waals surface area contributed by atoms with Gasteiger partial charge in [-0.05, 0) is 42.6 Å². The molecular weight excluding hydrogens is 296 g/mol. The molecule has 0 saturated carbocycles. The number of carbonyl (C=O) groups excluding carboxylic acids is 1. The van der Waals surface area contributed by atoms with Gasteiger partial charge in [-0.1, -0.05) is 6.07 Å². The van der Waals surface area contributed by atoms with Crippen LogP contribution in [0.2, 0.25) is 0 Å². The molecule has 0 aliphatic carbocycles. The number of anilines is 2. The minimum Gasteiger partial charge on any atom is -0.375 e. The maximum Gasteiger partial charge on any atom is 0.229 e. The van der Waals surface area contributed by atoms with Gasteiger partial charge in [0.25, 0.3) is 0 Å². The molecule has 22 heavy (non-hydrogen) atoms. The standard InChI is InChI=1S/C17H20N2O2S/c1-13-12-19(8-9-21-13)15-6-4-14(5-7-15)18-17(20)11-16-3-2-10-22-16/h2-7,10,13H,8-9,11-12H2,1H3,(H,18,20). The Morgan fingerprint density at radius 1 is 1.36 bits per heavy atom. The lowest BCUT2D eigenvalue weighted by atomic mass is 10.2. The molecule has 116 valence electrons. The van der Waals surface area contributed by atoms with E-state index in [-0.39, 0.29) is 12.0 Å². The summed E-state index contributed by atoms with van der Waals surface area (Å²) in [6.45, 7) is 4.67. The number of rotatable bonds is 4. The Balaban J connectivity index is 1.58. The van der Waals surface area contributed by atoms with Gasteiger partial charge in [0.05, 0.1) is 19.1 Å². The molecule has 5 heteroatoms. The summed E-state index contributed by atoms with van der Waals surface area (Å²) in [5.74, 6) is 0.0233.